The van der Waals surface area contributed by atoms with E-state index < -0.39 is 5.91 Å². The summed E-state index contributed by atoms with van der Waals surface area (Å²) in [7, 11) is 0. The predicted molar refractivity (Wildman–Crippen MR) is 92.4 cm³/mol. The van der Waals surface area contributed by atoms with E-state index in [2.05, 4.69) is 20.8 Å². The Hall–Kier alpha value is -2.70. The molecule has 0 aromatic carbocycles. The van der Waals surface area contributed by atoms with Gasteiger partial charge in [0.25, 0.3) is 11.8 Å². The molecule has 0 bridgehead atoms. The molecular weight excluding hydrogens is 320 g/mol. The van der Waals surface area contributed by atoms with Crippen molar-refractivity contribution in [1.82, 2.24) is 15.5 Å². The molecule has 0 unspecified atom stereocenters. The van der Waals surface area contributed by atoms with E-state index in [4.69, 9.17) is 4.52 Å². The zero-order chi connectivity index (χ0) is 17.6. The summed E-state index contributed by atoms with van der Waals surface area (Å²) < 4.78 is 4.91. The summed E-state index contributed by atoms with van der Waals surface area (Å²) in [4.78, 5) is 28.7. The van der Waals surface area contributed by atoms with Crippen LogP contribution < -0.4 is 10.6 Å². The van der Waals surface area contributed by atoms with Gasteiger partial charge in [0.05, 0.1) is 0 Å². The molecule has 2 aromatic rings. The number of anilines is 1. The fourth-order valence-corrected chi connectivity index (χ4v) is 2.99. The number of hydrogen-bond donors (Lipinski definition) is 2. The van der Waals surface area contributed by atoms with Crippen molar-refractivity contribution in [2.45, 2.75) is 51.5 Å². The van der Waals surface area contributed by atoms with Crippen LogP contribution in [0.4, 0.5) is 5.82 Å². The molecule has 1 aliphatic rings. The molecule has 7 heteroatoms. The van der Waals surface area contributed by atoms with Crippen LogP contribution >= 0.6 is 0 Å². The second kappa shape index (κ2) is 7.92. The summed E-state index contributed by atoms with van der Waals surface area (Å²) in [6.07, 6.45) is 8.23. The summed E-state index contributed by atoms with van der Waals surface area (Å²) in [5, 5.41) is 9.38. The van der Waals surface area contributed by atoms with Gasteiger partial charge in [-0.3, -0.25) is 14.6 Å². The van der Waals surface area contributed by atoms with Crippen LogP contribution in [0.25, 0.3) is 0 Å². The Kier molecular flexibility index (Phi) is 5.42. The van der Waals surface area contributed by atoms with Crippen molar-refractivity contribution >= 4 is 17.6 Å². The van der Waals surface area contributed by atoms with Gasteiger partial charge in [0, 0.05) is 23.9 Å². The van der Waals surface area contributed by atoms with Crippen LogP contribution in [-0.2, 0) is 0 Å². The minimum absolute atomic E-state index is 0.161. The molecule has 7 nitrogen and oxygen atoms in total. The Labute approximate surface area is 146 Å². The largest absolute Gasteiger partial charge is 0.360 e. The number of pyridine rings is 1. The van der Waals surface area contributed by atoms with E-state index in [1.807, 2.05) is 0 Å². The van der Waals surface area contributed by atoms with Crippen LogP contribution in [0, 0.1) is 6.92 Å². The van der Waals surface area contributed by atoms with Gasteiger partial charge in [-0.05, 0) is 31.9 Å². The van der Waals surface area contributed by atoms with Crippen molar-refractivity contribution in [3.8, 4) is 0 Å². The minimum Gasteiger partial charge on any atom is -0.360 e. The molecule has 2 heterocycles. The quantitative estimate of drug-likeness (QED) is 0.832. The highest BCUT2D eigenvalue weighted by molar-refractivity contribution is 6.04. The molecule has 1 aliphatic carbocycles. The van der Waals surface area contributed by atoms with Crippen molar-refractivity contribution < 1.29 is 14.1 Å². The summed E-state index contributed by atoms with van der Waals surface area (Å²) >= 11 is 0. The molecule has 2 aromatic heterocycles. The average Bonchev–Trinajstić information content (AvgIpc) is 2.85. The number of nitrogens with one attached hydrogen (secondary N) is 2. The molecule has 0 radical (unpaired) electrons. The molecular formula is C18H22N4O3. The number of aromatic nitrogens is 2. The van der Waals surface area contributed by atoms with Gasteiger partial charge in [-0.15, -0.1) is 0 Å². The lowest BCUT2D eigenvalue weighted by Crippen LogP contribution is -2.34. The number of rotatable bonds is 4. The molecule has 25 heavy (non-hydrogen) atoms. The fourth-order valence-electron chi connectivity index (χ4n) is 2.99. The molecule has 2 N–H and O–H groups in total. The van der Waals surface area contributed by atoms with Crippen LogP contribution in [0.15, 0.2) is 28.9 Å². The second-order valence-electron chi connectivity index (χ2n) is 6.37. The van der Waals surface area contributed by atoms with E-state index in [-0.39, 0.29) is 17.6 Å². The molecule has 0 atom stereocenters. The van der Waals surface area contributed by atoms with Crippen molar-refractivity contribution in [2.24, 2.45) is 0 Å². The first-order valence-corrected chi connectivity index (χ1v) is 8.63. The minimum atomic E-state index is -0.433. The standard InChI is InChI=1S/C18H22N4O3/c1-12-10-16(22-25-12)21-18(24)15-11-13(8-9-19-15)17(23)20-14-6-4-2-3-5-7-14/h8-11,14H,2-7H2,1H3,(H,20,23)(H,21,22,24). The van der Waals surface area contributed by atoms with Crippen LogP contribution in [0.5, 0.6) is 0 Å². The first kappa shape index (κ1) is 17.1. The lowest BCUT2D eigenvalue weighted by atomic mass is 10.1. The third-order valence-electron chi connectivity index (χ3n) is 4.31. The lowest BCUT2D eigenvalue weighted by Gasteiger charge is -2.16. The fraction of sp³-hybridized carbons (Fsp3) is 0.444. The molecule has 3 rings (SSSR count). The number of hydrogen-bond acceptors (Lipinski definition) is 5. The highest BCUT2D eigenvalue weighted by atomic mass is 16.5. The van der Waals surface area contributed by atoms with Gasteiger partial charge in [-0.2, -0.15) is 0 Å². The number of carbonyl (C=O) groups excluding carboxylic acids is 2. The summed E-state index contributed by atoms with van der Waals surface area (Å²) in [5.41, 5.74) is 0.592. The molecule has 0 aliphatic heterocycles. The number of carbonyl (C=O) groups is 2. The Morgan fingerprint density at radius 2 is 1.88 bits per heavy atom. The van der Waals surface area contributed by atoms with Gasteiger partial charge in [-0.25, -0.2) is 0 Å². The van der Waals surface area contributed by atoms with E-state index >= 15 is 0 Å². The van der Waals surface area contributed by atoms with Crippen molar-refractivity contribution in [2.75, 3.05) is 5.32 Å². The third-order valence-corrected chi connectivity index (χ3v) is 4.31. The highest BCUT2D eigenvalue weighted by Crippen LogP contribution is 2.18. The lowest BCUT2D eigenvalue weighted by molar-refractivity contribution is 0.0933. The Morgan fingerprint density at radius 3 is 2.56 bits per heavy atom. The SMILES string of the molecule is Cc1cc(NC(=O)c2cc(C(=O)NC3CCCCCC3)ccn2)no1. The van der Waals surface area contributed by atoms with Crippen LogP contribution in [0.2, 0.25) is 0 Å². The van der Waals surface area contributed by atoms with Gasteiger partial charge in [0.1, 0.15) is 11.5 Å². The third kappa shape index (κ3) is 4.65. The topological polar surface area (TPSA) is 97.1 Å². The van der Waals surface area contributed by atoms with Gasteiger partial charge >= 0.3 is 0 Å². The maximum Gasteiger partial charge on any atom is 0.275 e. The molecule has 1 fully saturated rings. The smallest absolute Gasteiger partial charge is 0.275 e. The van der Waals surface area contributed by atoms with E-state index in [1.165, 1.54) is 25.1 Å². The monoisotopic (exact) mass is 342 g/mol. The van der Waals surface area contributed by atoms with Crippen LogP contribution in [0.1, 0.15) is 65.1 Å². The number of nitrogens with zero attached hydrogens (tertiary/aromatic N) is 2. The number of amides is 2. The first-order chi connectivity index (χ1) is 12.1. The zero-order valence-corrected chi connectivity index (χ0v) is 14.2. The maximum atomic E-state index is 12.5. The molecule has 1 saturated carbocycles. The van der Waals surface area contributed by atoms with E-state index in [0.717, 1.165) is 25.7 Å². The first-order valence-electron chi connectivity index (χ1n) is 8.63. The Morgan fingerprint density at radius 1 is 1.12 bits per heavy atom. The Balaban J connectivity index is 1.65. The summed E-state index contributed by atoms with van der Waals surface area (Å²) in [6, 6.07) is 4.93. The summed E-state index contributed by atoms with van der Waals surface area (Å²) in [6.45, 7) is 1.74. The van der Waals surface area contributed by atoms with Gasteiger partial charge in [0.2, 0.25) is 0 Å². The van der Waals surface area contributed by atoms with Crippen LogP contribution in [0.3, 0.4) is 0 Å². The molecule has 0 saturated heterocycles. The van der Waals surface area contributed by atoms with Crippen molar-refractivity contribution in [3.63, 3.8) is 0 Å². The predicted octanol–water partition coefficient (Wildman–Crippen LogP) is 3.08. The highest BCUT2D eigenvalue weighted by Gasteiger charge is 2.17. The van der Waals surface area contributed by atoms with Crippen molar-refractivity contribution in [1.29, 1.82) is 0 Å². The van der Waals surface area contributed by atoms with Gasteiger partial charge in [-0.1, -0.05) is 30.8 Å². The Bertz CT molecular complexity index is 748. The van der Waals surface area contributed by atoms with E-state index in [0.29, 0.717) is 17.1 Å². The molecule has 0 spiro atoms. The second-order valence-corrected chi connectivity index (χ2v) is 6.37. The van der Waals surface area contributed by atoms with Gasteiger partial charge < -0.3 is 15.2 Å². The van der Waals surface area contributed by atoms with Crippen LogP contribution in [-0.4, -0.2) is 28.0 Å². The van der Waals surface area contributed by atoms with E-state index in [9.17, 15) is 9.59 Å². The zero-order valence-electron chi connectivity index (χ0n) is 14.2. The molecule has 2 amide bonds. The normalized spacial score (nSPS) is 15.4. The van der Waals surface area contributed by atoms with E-state index in [1.54, 1.807) is 19.1 Å². The summed E-state index contributed by atoms with van der Waals surface area (Å²) in [5.74, 6) is 0.315. The van der Waals surface area contributed by atoms with Crippen molar-refractivity contribution in [3.05, 3.63) is 41.4 Å². The number of aryl methyl sites for hydroxylation is 1. The van der Waals surface area contributed by atoms with Gasteiger partial charge in [0.15, 0.2) is 5.82 Å². The maximum absolute atomic E-state index is 12.5. The molecule has 132 valence electrons. The average molecular weight is 342 g/mol.